The number of hydrogen-bond acceptors (Lipinski definition) is 3. The van der Waals surface area contributed by atoms with Crippen LogP contribution in [0.4, 0.5) is 18.9 Å². The zero-order valence-corrected chi connectivity index (χ0v) is 13.5. The fourth-order valence-electron chi connectivity index (χ4n) is 2.98. The van der Waals surface area contributed by atoms with Crippen LogP contribution in [-0.4, -0.2) is 26.2 Å². The highest BCUT2D eigenvalue weighted by molar-refractivity contribution is 6.09. The number of amides is 1. The summed E-state index contributed by atoms with van der Waals surface area (Å²) in [7, 11) is 1.31. The highest BCUT2D eigenvalue weighted by Crippen LogP contribution is 2.36. The second kappa shape index (κ2) is 7.04. The first-order valence-corrected chi connectivity index (χ1v) is 7.73. The van der Waals surface area contributed by atoms with Crippen molar-refractivity contribution < 1.29 is 27.4 Å². The van der Waals surface area contributed by atoms with E-state index in [-0.39, 0.29) is 22.9 Å². The quantitative estimate of drug-likeness (QED) is 0.835. The molecule has 0 radical (unpaired) electrons. The van der Waals surface area contributed by atoms with Crippen LogP contribution in [0.15, 0.2) is 36.4 Å². The van der Waals surface area contributed by atoms with Crippen LogP contribution in [0.5, 0.6) is 11.5 Å². The first-order chi connectivity index (χ1) is 12.0. The molecular weight excluding hydrogens is 335 g/mol. The highest BCUT2D eigenvalue weighted by atomic mass is 19.3. The Bertz CT molecular complexity index is 795. The van der Waals surface area contributed by atoms with E-state index in [9.17, 15) is 18.0 Å². The summed E-state index contributed by atoms with van der Waals surface area (Å²) in [4.78, 5) is 14.4. The van der Waals surface area contributed by atoms with Crippen LogP contribution in [-0.2, 0) is 6.42 Å². The average molecular weight is 351 g/mol. The van der Waals surface area contributed by atoms with Crippen molar-refractivity contribution in [1.82, 2.24) is 0 Å². The summed E-state index contributed by atoms with van der Waals surface area (Å²) < 4.78 is 48.5. The predicted octanol–water partition coefficient (Wildman–Crippen LogP) is 4.03. The van der Waals surface area contributed by atoms with E-state index in [1.54, 1.807) is 0 Å². The summed E-state index contributed by atoms with van der Waals surface area (Å²) in [5.41, 5.74) is 1.25. The molecular formula is C18H16F3NO3. The molecule has 2 aromatic carbocycles. The molecule has 0 atom stereocenters. The maximum Gasteiger partial charge on any atom is 0.387 e. The first-order valence-electron chi connectivity index (χ1n) is 7.73. The Morgan fingerprint density at radius 2 is 2.04 bits per heavy atom. The lowest BCUT2D eigenvalue weighted by Crippen LogP contribution is -2.35. The fraction of sp³-hybridized carbons (Fsp3) is 0.278. The molecule has 0 fully saturated rings. The number of rotatable bonds is 4. The Morgan fingerprint density at radius 1 is 1.24 bits per heavy atom. The van der Waals surface area contributed by atoms with E-state index in [0.717, 1.165) is 0 Å². The van der Waals surface area contributed by atoms with Gasteiger partial charge in [-0.15, -0.1) is 0 Å². The Morgan fingerprint density at radius 3 is 2.76 bits per heavy atom. The number of para-hydroxylation sites is 1. The van der Waals surface area contributed by atoms with E-state index < -0.39 is 12.5 Å². The lowest BCUT2D eigenvalue weighted by Gasteiger charge is -2.30. The molecule has 0 saturated carbocycles. The van der Waals surface area contributed by atoms with Crippen molar-refractivity contribution in [3.05, 3.63) is 53.3 Å². The van der Waals surface area contributed by atoms with E-state index >= 15 is 0 Å². The van der Waals surface area contributed by atoms with Gasteiger partial charge in [-0.3, -0.25) is 4.79 Å². The Kier molecular flexibility index (Phi) is 4.83. The monoisotopic (exact) mass is 351 g/mol. The summed E-state index contributed by atoms with van der Waals surface area (Å²) in [6.07, 6.45) is 1.30. The number of anilines is 1. The molecule has 0 unspecified atom stereocenters. The van der Waals surface area contributed by atoms with E-state index in [4.69, 9.17) is 4.74 Å². The summed E-state index contributed by atoms with van der Waals surface area (Å²) in [5.74, 6) is -1.14. The molecule has 7 heteroatoms. The van der Waals surface area contributed by atoms with Crippen LogP contribution >= 0.6 is 0 Å². The smallest absolute Gasteiger partial charge is 0.387 e. The number of carbonyl (C=O) groups is 1. The molecule has 1 amide bonds. The van der Waals surface area contributed by atoms with Gasteiger partial charge in [-0.1, -0.05) is 6.07 Å². The zero-order chi connectivity index (χ0) is 18.0. The van der Waals surface area contributed by atoms with Gasteiger partial charge in [-0.2, -0.15) is 8.78 Å². The van der Waals surface area contributed by atoms with Gasteiger partial charge in [0, 0.05) is 12.2 Å². The van der Waals surface area contributed by atoms with Crippen molar-refractivity contribution in [2.45, 2.75) is 19.5 Å². The Hall–Kier alpha value is -2.70. The van der Waals surface area contributed by atoms with Gasteiger partial charge in [0.1, 0.15) is 5.82 Å². The van der Waals surface area contributed by atoms with Gasteiger partial charge in [0.25, 0.3) is 5.91 Å². The highest BCUT2D eigenvalue weighted by Gasteiger charge is 2.28. The number of fused-ring (bicyclic) bond motifs is 1. The number of benzene rings is 2. The van der Waals surface area contributed by atoms with Crippen LogP contribution in [0.3, 0.4) is 0 Å². The number of nitrogens with zero attached hydrogens (tertiary/aromatic N) is 1. The van der Waals surface area contributed by atoms with Crippen molar-refractivity contribution in [3.8, 4) is 11.5 Å². The SMILES string of the molecule is COc1cccc(C(=O)N2CCCc3cc(F)ccc32)c1OC(F)F. The lowest BCUT2D eigenvalue weighted by atomic mass is 10.0. The van der Waals surface area contributed by atoms with Crippen molar-refractivity contribution in [2.24, 2.45) is 0 Å². The van der Waals surface area contributed by atoms with Gasteiger partial charge in [-0.05, 0) is 48.7 Å². The number of hydrogen-bond donors (Lipinski definition) is 0. The van der Waals surface area contributed by atoms with Gasteiger partial charge in [0.05, 0.1) is 12.7 Å². The number of alkyl halides is 2. The van der Waals surface area contributed by atoms with E-state index in [1.165, 1.54) is 48.4 Å². The van der Waals surface area contributed by atoms with Crippen LogP contribution in [0, 0.1) is 5.82 Å². The van der Waals surface area contributed by atoms with Crippen LogP contribution in [0.1, 0.15) is 22.3 Å². The van der Waals surface area contributed by atoms with E-state index in [0.29, 0.717) is 30.6 Å². The number of carbonyl (C=O) groups excluding carboxylic acids is 1. The molecule has 132 valence electrons. The molecule has 1 heterocycles. The minimum absolute atomic E-state index is 0.0307. The number of methoxy groups -OCH3 is 1. The summed E-state index contributed by atoms with van der Waals surface area (Å²) in [6.45, 7) is -2.69. The van der Waals surface area contributed by atoms with Crippen LogP contribution < -0.4 is 14.4 Å². The Labute approximate surface area is 142 Å². The number of aryl methyl sites for hydroxylation is 1. The molecule has 1 aliphatic heterocycles. The largest absolute Gasteiger partial charge is 0.493 e. The van der Waals surface area contributed by atoms with Gasteiger partial charge >= 0.3 is 6.61 Å². The second-order valence-electron chi connectivity index (χ2n) is 5.55. The molecule has 0 N–H and O–H groups in total. The third kappa shape index (κ3) is 3.40. The predicted molar refractivity (Wildman–Crippen MR) is 86.0 cm³/mol. The number of halogens is 3. The Balaban J connectivity index is 2.03. The molecule has 25 heavy (non-hydrogen) atoms. The molecule has 2 aromatic rings. The van der Waals surface area contributed by atoms with Crippen LogP contribution in [0.25, 0.3) is 0 Å². The third-order valence-electron chi connectivity index (χ3n) is 4.04. The van der Waals surface area contributed by atoms with Gasteiger partial charge in [0.15, 0.2) is 11.5 Å². The molecule has 1 aliphatic rings. The number of ether oxygens (including phenoxy) is 2. The molecule has 0 spiro atoms. The molecule has 0 aromatic heterocycles. The molecule has 3 rings (SSSR count). The van der Waals surface area contributed by atoms with Gasteiger partial charge in [0.2, 0.25) is 0 Å². The summed E-state index contributed by atoms with van der Waals surface area (Å²) in [5, 5.41) is 0. The van der Waals surface area contributed by atoms with Crippen molar-refractivity contribution >= 4 is 11.6 Å². The maximum atomic E-state index is 13.4. The lowest BCUT2D eigenvalue weighted by molar-refractivity contribution is -0.0515. The average Bonchev–Trinajstić information content (AvgIpc) is 2.60. The standard InChI is InChI=1S/C18H16F3NO3/c1-24-15-6-2-5-13(16(15)25-18(20)21)17(23)22-9-3-4-11-10-12(19)7-8-14(11)22/h2,5-8,10,18H,3-4,9H2,1H3. The molecule has 0 aliphatic carbocycles. The van der Waals surface area contributed by atoms with Crippen molar-refractivity contribution in [2.75, 3.05) is 18.6 Å². The van der Waals surface area contributed by atoms with Crippen LogP contribution in [0.2, 0.25) is 0 Å². The second-order valence-corrected chi connectivity index (χ2v) is 5.55. The molecule has 0 saturated heterocycles. The molecule has 0 bridgehead atoms. The summed E-state index contributed by atoms with van der Waals surface area (Å²) >= 11 is 0. The minimum Gasteiger partial charge on any atom is -0.493 e. The van der Waals surface area contributed by atoms with Gasteiger partial charge in [-0.25, -0.2) is 4.39 Å². The maximum absolute atomic E-state index is 13.4. The topological polar surface area (TPSA) is 38.8 Å². The minimum atomic E-state index is -3.09. The van der Waals surface area contributed by atoms with E-state index in [2.05, 4.69) is 4.74 Å². The van der Waals surface area contributed by atoms with E-state index in [1.807, 2.05) is 0 Å². The first kappa shape index (κ1) is 17.1. The molecule has 4 nitrogen and oxygen atoms in total. The normalized spacial score (nSPS) is 13.6. The fourth-order valence-corrected chi connectivity index (χ4v) is 2.98. The van der Waals surface area contributed by atoms with Crippen molar-refractivity contribution in [1.29, 1.82) is 0 Å². The van der Waals surface area contributed by atoms with Gasteiger partial charge < -0.3 is 14.4 Å². The summed E-state index contributed by atoms with van der Waals surface area (Å²) in [6, 6.07) is 8.55. The zero-order valence-electron chi connectivity index (χ0n) is 13.5. The van der Waals surface area contributed by atoms with Crippen molar-refractivity contribution in [3.63, 3.8) is 0 Å². The third-order valence-corrected chi connectivity index (χ3v) is 4.04.